The molecule has 9 fully saturated rings. The summed E-state index contributed by atoms with van der Waals surface area (Å²) in [6.07, 6.45) is 28.1. The number of phenolic OH excluding ortho intramolecular Hbond substituents is 1. The zero-order chi connectivity index (χ0) is 87.8. The fourth-order valence-electron chi connectivity index (χ4n) is 14.8. The average Bonchev–Trinajstić information content (AvgIpc) is 1.54. The minimum atomic E-state index is -1.04. The highest BCUT2D eigenvalue weighted by Gasteiger charge is 2.34. The van der Waals surface area contributed by atoms with Gasteiger partial charge in [0.1, 0.15) is 40.4 Å². The van der Waals surface area contributed by atoms with E-state index < -0.39 is 17.0 Å². The first-order valence-corrected chi connectivity index (χ1v) is 46.4. The number of aromatic hydroxyl groups is 1. The van der Waals surface area contributed by atoms with Gasteiger partial charge in [0.05, 0.1) is 68.3 Å². The highest BCUT2D eigenvalue weighted by Crippen LogP contribution is 2.48. The maximum atomic E-state index is 10.9. The molecule has 5 aromatic carbocycles. The highest BCUT2D eigenvalue weighted by atomic mass is 79.9. The van der Waals surface area contributed by atoms with Gasteiger partial charge in [-0.25, -0.2) is 15.0 Å². The van der Waals surface area contributed by atoms with Gasteiger partial charge in [-0.05, 0) is 335 Å². The van der Waals surface area contributed by atoms with Crippen molar-refractivity contribution in [3.63, 3.8) is 0 Å². The van der Waals surface area contributed by atoms with Crippen LogP contribution in [0, 0.1) is 44.2 Å². The van der Waals surface area contributed by atoms with E-state index in [1.54, 1.807) is 25.2 Å². The fraction of sp³-hybridized carbons (Fsp3) is 0.573. The van der Waals surface area contributed by atoms with Crippen LogP contribution in [0.25, 0.3) is 0 Å². The van der Waals surface area contributed by atoms with Gasteiger partial charge in [-0.1, -0.05) is 25.0 Å². The Kier molecular flexibility index (Phi) is 45.2. The topological polar surface area (TPSA) is 357 Å². The Morgan fingerprint density at radius 2 is 0.823 bits per heavy atom. The molecule has 5 saturated heterocycles. The first-order valence-electron chi connectivity index (χ1n) is 43.9. The van der Waals surface area contributed by atoms with Crippen LogP contribution in [0.2, 0.25) is 11.1 Å². The molecular weight excluding hydrogens is 1780 g/mol. The number of ether oxygens (including phenoxy) is 4. The smallest absolute Gasteiger partial charge is 0.454 e. The quantitative estimate of drug-likeness (QED) is 0.00375. The van der Waals surface area contributed by atoms with Crippen LogP contribution >= 0.6 is 67.5 Å². The SMILES string of the molecule is CNc1cc(C)nc(Cl)n1.CNc1cc(C)nc(Nc2ccc(C3CC3)c(OCCCN3CCCC3)c2)n1.Cl.ClCCCN1CCCC1.Nc1ccc(C2CC2)c(OCCCN2CCCC2)c1.O=[N+]([O-])c1ccc(Br)c(O)c1.O=[N+]([O-])c1ccc(Br)c(OCCCN2CCCC2)c1.O=[N+]([O-])c1ccc(C2CC2)c(OCCCN2CCCC2)c1.OB(O)C1CC1. The second kappa shape index (κ2) is 55.1. The maximum Gasteiger partial charge on any atom is 0.454 e. The Hall–Kier alpha value is -7.73. The van der Waals surface area contributed by atoms with Crippen molar-refractivity contribution in [2.75, 3.05) is 166 Å². The molecular formula is C89H128BBr2Cl3N16O13. The predicted molar refractivity (Wildman–Crippen MR) is 505 cm³/mol. The molecule has 680 valence electrons. The minimum absolute atomic E-state index is 0. The first kappa shape index (κ1) is 102. The lowest BCUT2D eigenvalue weighted by molar-refractivity contribution is -0.385. The van der Waals surface area contributed by atoms with E-state index in [2.05, 4.69) is 117 Å². The highest BCUT2D eigenvalue weighted by molar-refractivity contribution is 9.11. The summed E-state index contributed by atoms with van der Waals surface area (Å²) < 4.78 is 24.9. The van der Waals surface area contributed by atoms with Crippen molar-refractivity contribution < 1.29 is 48.9 Å². The third-order valence-electron chi connectivity index (χ3n) is 22.2. The van der Waals surface area contributed by atoms with Gasteiger partial charge in [0.25, 0.3) is 17.1 Å². The van der Waals surface area contributed by atoms with Gasteiger partial charge < -0.3 is 80.3 Å². The number of nitrogens with zero attached hydrogens (tertiary/aromatic N) is 12. The number of phenols is 1. The van der Waals surface area contributed by atoms with Crippen molar-refractivity contribution >= 4 is 121 Å². The molecule has 9 aliphatic rings. The van der Waals surface area contributed by atoms with Crippen molar-refractivity contribution in [2.24, 2.45) is 0 Å². The minimum Gasteiger partial charge on any atom is -0.507 e. The summed E-state index contributed by atoms with van der Waals surface area (Å²) in [7, 11) is 2.62. The summed E-state index contributed by atoms with van der Waals surface area (Å²) in [4.78, 5) is 59.6. The maximum absolute atomic E-state index is 10.9. The number of aryl methyl sites for hydroxylation is 2. The number of nitrogen functional groups attached to an aromatic ring is 1. The number of anilines is 5. The third-order valence-corrected chi connectivity index (χ3v) is 23.9. The van der Waals surface area contributed by atoms with E-state index in [1.807, 2.05) is 51.2 Å². The molecule has 4 saturated carbocycles. The molecule has 0 radical (unpaired) electrons. The van der Waals surface area contributed by atoms with Crippen LogP contribution in [0.15, 0.2) is 112 Å². The molecule has 124 heavy (non-hydrogen) atoms. The molecule has 16 rings (SSSR count). The van der Waals surface area contributed by atoms with Gasteiger partial charge in [0, 0.05) is 111 Å². The number of nitrogens with one attached hydrogen (secondary N) is 3. The van der Waals surface area contributed by atoms with Crippen LogP contribution in [-0.4, -0.2) is 226 Å². The lowest BCUT2D eigenvalue weighted by Gasteiger charge is -2.16. The molecule has 29 nitrogen and oxygen atoms in total. The van der Waals surface area contributed by atoms with E-state index >= 15 is 0 Å². The fourth-order valence-corrected chi connectivity index (χ4v) is 15.8. The van der Waals surface area contributed by atoms with E-state index in [9.17, 15) is 30.3 Å². The number of nitro benzene ring substituents is 3. The van der Waals surface area contributed by atoms with Gasteiger partial charge in [0.2, 0.25) is 11.2 Å². The van der Waals surface area contributed by atoms with Gasteiger partial charge >= 0.3 is 7.12 Å². The monoisotopic (exact) mass is 1900 g/mol. The Morgan fingerprint density at radius 1 is 0.468 bits per heavy atom. The molecule has 0 atom stereocenters. The van der Waals surface area contributed by atoms with E-state index in [0.717, 1.165) is 146 Å². The molecule has 2 aromatic heterocycles. The van der Waals surface area contributed by atoms with Crippen LogP contribution in [-0.2, 0) is 0 Å². The number of nitro groups is 3. The number of halogens is 5. The van der Waals surface area contributed by atoms with Gasteiger partial charge in [-0.3, -0.25) is 30.3 Å². The van der Waals surface area contributed by atoms with Crippen molar-refractivity contribution in [2.45, 2.75) is 185 Å². The number of hydrogen-bond acceptors (Lipinski definition) is 26. The summed E-state index contributed by atoms with van der Waals surface area (Å²) in [5, 5.41) is 66.8. The number of non-ortho nitro benzene ring substituents is 3. The number of alkyl halides is 1. The number of aromatic nitrogens is 4. The summed E-state index contributed by atoms with van der Waals surface area (Å²) >= 11 is 17.5. The number of rotatable bonds is 34. The molecule has 0 amide bonds. The molecule has 0 spiro atoms. The number of hydrogen-bond donors (Lipinski definition) is 7. The standard InChI is InChI=1S/C22H31N5O.C16H22N2O3.C16H24N2O.C13H17BrN2O3.C7H14ClN.C6H4BrNO3.C6H8ClN3.C3H7BO2.ClH/c1-16-14-21(23-2)26-22(24-16)25-18-8-9-19(17-6-7-17)20(15-18)28-13-5-12-27-10-3-4-11-27;19-18(20)14-6-7-15(13-4-5-13)16(12-14)21-11-3-10-17-8-1-2-9-17;17-14-6-7-15(13-4-5-13)16(12-14)19-11-3-10-18-8-1-2-9-18;14-12-5-4-11(16(17)18)10-13(12)19-9-3-8-15-6-1-2-7-15;8-4-3-7-9-5-1-2-6-9;7-5-2-1-4(8(10)11)3-6(5)9;1-4-3-5(8-2)10-6(7)9-4;5-4(6)3-1-2-3;/h8-9,14-15,17H,3-7,10-13H2,1-2H3,(H2,23,24,25,26);6-7,12-13H,1-5,8-11H2;6-7,12-13H,1-5,8-11,17H2;4-5,10H,1-3,6-9H2;1-7H2;1-3,9H;3H,1-2H3,(H,8,9,10);3,5-6H,1-2H2;1H. The van der Waals surface area contributed by atoms with Crippen LogP contribution < -0.4 is 40.6 Å². The molecule has 0 bridgehead atoms. The Balaban J connectivity index is 0.000000182. The summed E-state index contributed by atoms with van der Waals surface area (Å²) in [5.41, 5.74) is 13.3. The van der Waals surface area contributed by atoms with Crippen LogP contribution in [0.4, 0.5) is 46.0 Å². The third kappa shape index (κ3) is 38.1. The van der Waals surface area contributed by atoms with Gasteiger partial charge in [0.15, 0.2) is 0 Å². The van der Waals surface area contributed by atoms with E-state index in [1.165, 1.54) is 217 Å². The van der Waals surface area contributed by atoms with E-state index in [4.69, 9.17) is 63.0 Å². The Morgan fingerprint density at radius 3 is 1.20 bits per heavy atom. The first-order chi connectivity index (χ1) is 59.5. The second-order valence-corrected chi connectivity index (χ2v) is 34.9. The van der Waals surface area contributed by atoms with E-state index in [-0.39, 0.29) is 51.2 Å². The molecule has 35 heteroatoms. The number of nitrogens with two attached hydrogens (primary N) is 1. The Labute approximate surface area is 764 Å². The lowest BCUT2D eigenvalue weighted by Crippen LogP contribution is -2.22. The number of benzene rings is 5. The number of likely N-dealkylation sites (tertiary alicyclic amines) is 5. The van der Waals surface area contributed by atoms with Crippen molar-refractivity contribution in [1.82, 2.24) is 44.4 Å². The summed E-state index contributed by atoms with van der Waals surface area (Å²) in [6.45, 7) is 24.6. The second-order valence-electron chi connectivity index (χ2n) is 32.5. The van der Waals surface area contributed by atoms with Gasteiger partial charge in [-0.15, -0.1) is 24.0 Å². The largest absolute Gasteiger partial charge is 0.507 e. The Bertz CT molecular complexity index is 4350. The molecule has 5 aliphatic heterocycles. The van der Waals surface area contributed by atoms with Crippen LogP contribution in [0.3, 0.4) is 0 Å². The summed E-state index contributed by atoms with van der Waals surface area (Å²) in [5.74, 6) is 8.26. The molecule has 4 aliphatic carbocycles. The molecule has 8 N–H and O–H groups in total. The zero-order valence-electron chi connectivity index (χ0n) is 72.4. The zero-order valence-corrected chi connectivity index (χ0v) is 77.9. The van der Waals surface area contributed by atoms with E-state index in [0.29, 0.717) is 52.9 Å². The summed E-state index contributed by atoms with van der Waals surface area (Å²) in [6, 6.07) is 29.7. The molecule has 7 heterocycles. The van der Waals surface area contributed by atoms with Crippen molar-refractivity contribution in [3.05, 3.63) is 176 Å². The average molecular weight is 1910 g/mol. The van der Waals surface area contributed by atoms with Crippen LogP contribution in [0.1, 0.15) is 194 Å². The predicted octanol–water partition coefficient (Wildman–Crippen LogP) is 19.2. The van der Waals surface area contributed by atoms with Crippen molar-refractivity contribution in [3.8, 4) is 28.7 Å². The normalized spacial score (nSPS) is 16.6. The van der Waals surface area contributed by atoms with Crippen LogP contribution in [0.5, 0.6) is 28.7 Å². The molecule has 7 aromatic rings. The molecule has 0 unspecified atom stereocenters. The lowest BCUT2D eigenvalue weighted by atomic mass is 9.84. The van der Waals surface area contributed by atoms with Gasteiger partial charge in [-0.2, -0.15) is 4.98 Å². The van der Waals surface area contributed by atoms with Crippen molar-refractivity contribution in [1.29, 1.82) is 0 Å².